The minimum atomic E-state index is -0.758. The lowest BCUT2D eigenvalue weighted by molar-refractivity contribution is -0.149. The summed E-state index contributed by atoms with van der Waals surface area (Å²) in [6.45, 7) is 3.17. The maximum atomic E-state index is 13.1. The predicted molar refractivity (Wildman–Crippen MR) is 99.1 cm³/mol. The summed E-state index contributed by atoms with van der Waals surface area (Å²) >= 11 is 0. The van der Waals surface area contributed by atoms with Gasteiger partial charge in [-0.25, -0.2) is 9.18 Å². The molecule has 27 heavy (non-hydrogen) atoms. The number of likely N-dealkylation sites (tertiary alicyclic amines) is 1. The molecule has 1 saturated carbocycles. The number of anilines is 1. The number of nitrogens with zero attached hydrogens (tertiary/aromatic N) is 2. The van der Waals surface area contributed by atoms with Crippen molar-refractivity contribution in [3.63, 3.8) is 0 Å². The molecule has 7 heteroatoms. The van der Waals surface area contributed by atoms with E-state index in [1.165, 1.54) is 12.1 Å². The minimum Gasteiger partial charge on any atom is -0.481 e. The fraction of sp³-hybridized carbons (Fsp3) is 0.600. The zero-order chi connectivity index (χ0) is 19.0. The molecule has 1 aromatic carbocycles. The van der Waals surface area contributed by atoms with Crippen molar-refractivity contribution in [2.24, 2.45) is 17.3 Å². The summed E-state index contributed by atoms with van der Waals surface area (Å²) in [7, 11) is 0. The molecule has 6 nitrogen and oxygen atoms in total. The number of benzene rings is 1. The molecule has 4 rings (SSSR count). The van der Waals surface area contributed by atoms with Gasteiger partial charge in [-0.15, -0.1) is 0 Å². The van der Waals surface area contributed by atoms with Gasteiger partial charge in [0.15, 0.2) is 0 Å². The van der Waals surface area contributed by atoms with Gasteiger partial charge in [-0.2, -0.15) is 0 Å². The molecular weight excluding hydrogens is 349 g/mol. The van der Waals surface area contributed by atoms with Gasteiger partial charge in [0.25, 0.3) is 0 Å². The number of hydrogen-bond acceptors (Lipinski definition) is 3. The van der Waals surface area contributed by atoms with Gasteiger partial charge < -0.3 is 20.2 Å². The molecule has 2 amide bonds. The molecule has 2 heterocycles. The molecule has 2 N–H and O–H groups in total. The Labute approximate surface area is 158 Å². The molecule has 1 unspecified atom stereocenters. The normalized spacial score (nSPS) is 29.8. The number of carboxylic acid groups (broad SMARTS) is 1. The lowest BCUT2D eigenvalue weighted by Gasteiger charge is -2.24. The van der Waals surface area contributed by atoms with Crippen LogP contribution in [0.3, 0.4) is 0 Å². The van der Waals surface area contributed by atoms with Crippen LogP contribution in [-0.2, 0) is 4.79 Å². The maximum absolute atomic E-state index is 13.1. The summed E-state index contributed by atoms with van der Waals surface area (Å²) in [5, 5.41) is 12.6. The molecule has 3 aliphatic rings. The van der Waals surface area contributed by atoms with Gasteiger partial charge in [0, 0.05) is 38.4 Å². The van der Waals surface area contributed by atoms with Gasteiger partial charge in [0.2, 0.25) is 0 Å². The first-order valence-electron chi connectivity index (χ1n) is 9.74. The summed E-state index contributed by atoms with van der Waals surface area (Å²) in [5.41, 5.74) is 0.269. The SMILES string of the molecule is O=C(NCC1CCN(c2ccc(F)cc2)C1)N1C[C@@H]2CCC[C@@]2(C(=O)O)C1. The van der Waals surface area contributed by atoms with Crippen molar-refractivity contribution in [2.75, 3.05) is 37.6 Å². The zero-order valence-corrected chi connectivity index (χ0v) is 15.4. The van der Waals surface area contributed by atoms with Gasteiger partial charge in [-0.1, -0.05) is 6.42 Å². The molecule has 3 atom stereocenters. The Bertz CT molecular complexity index is 726. The van der Waals surface area contributed by atoms with Crippen LogP contribution in [0.4, 0.5) is 14.9 Å². The number of amides is 2. The molecule has 2 saturated heterocycles. The molecule has 146 valence electrons. The van der Waals surface area contributed by atoms with Crippen molar-refractivity contribution in [3.8, 4) is 0 Å². The molecule has 3 fully saturated rings. The van der Waals surface area contributed by atoms with Crippen LogP contribution >= 0.6 is 0 Å². The number of nitrogens with one attached hydrogen (secondary N) is 1. The molecule has 0 radical (unpaired) electrons. The summed E-state index contributed by atoms with van der Waals surface area (Å²) in [5.74, 6) is -0.571. The largest absolute Gasteiger partial charge is 0.481 e. The average molecular weight is 375 g/mol. The van der Waals surface area contributed by atoms with Gasteiger partial charge in [0.05, 0.1) is 5.41 Å². The van der Waals surface area contributed by atoms with Crippen molar-refractivity contribution >= 4 is 17.7 Å². The van der Waals surface area contributed by atoms with E-state index in [-0.39, 0.29) is 17.8 Å². The van der Waals surface area contributed by atoms with E-state index in [9.17, 15) is 19.1 Å². The third-order valence-electron chi connectivity index (χ3n) is 6.60. The number of rotatable bonds is 4. The van der Waals surface area contributed by atoms with Crippen LogP contribution in [0.1, 0.15) is 25.7 Å². The summed E-state index contributed by atoms with van der Waals surface area (Å²) < 4.78 is 13.1. The zero-order valence-electron chi connectivity index (χ0n) is 15.4. The summed E-state index contributed by atoms with van der Waals surface area (Å²) in [6, 6.07) is 6.35. The Morgan fingerprint density at radius 2 is 2.00 bits per heavy atom. The van der Waals surface area contributed by atoms with Crippen LogP contribution in [0.25, 0.3) is 0 Å². The van der Waals surface area contributed by atoms with E-state index in [1.54, 1.807) is 17.0 Å². The van der Waals surface area contributed by atoms with Crippen molar-refractivity contribution in [3.05, 3.63) is 30.1 Å². The maximum Gasteiger partial charge on any atom is 0.317 e. The minimum absolute atomic E-state index is 0.0844. The second kappa shape index (κ2) is 7.02. The molecule has 0 aromatic heterocycles. The fourth-order valence-corrected chi connectivity index (χ4v) is 5.02. The lowest BCUT2D eigenvalue weighted by Crippen LogP contribution is -2.43. The average Bonchev–Trinajstić information content (AvgIpc) is 3.34. The lowest BCUT2D eigenvalue weighted by atomic mass is 9.81. The van der Waals surface area contributed by atoms with Crippen molar-refractivity contribution in [1.29, 1.82) is 0 Å². The molecule has 1 aliphatic carbocycles. The van der Waals surface area contributed by atoms with Crippen LogP contribution < -0.4 is 10.2 Å². The van der Waals surface area contributed by atoms with Gasteiger partial charge in [-0.05, 0) is 55.4 Å². The predicted octanol–water partition coefficient (Wildman–Crippen LogP) is 2.55. The number of fused-ring (bicyclic) bond motifs is 1. The highest BCUT2D eigenvalue weighted by atomic mass is 19.1. The summed E-state index contributed by atoms with van der Waals surface area (Å²) in [6.07, 6.45) is 3.48. The van der Waals surface area contributed by atoms with Crippen molar-refractivity contribution < 1.29 is 19.1 Å². The molecule has 0 bridgehead atoms. The van der Waals surface area contributed by atoms with Crippen LogP contribution in [0.2, 0.25) is 0 Å². The Hall–Kier alpha value is -2.31. The number of carboxylic acids is 1. The van der Waals surface area contributed by atoms with Crippen LogP contribution in [0.15, 0.2) is 24.3 Å². The quantitative estimate of drug-likeness (QED) is 0.848. The number of carbonyl (C=O) groups excluding carboxylic acids is 1. The molecular formula is C20H26FN3O3. The highest BCUT2D eigenvalue weighted by Gasteiger charge is 2.55. The molecule has 0 spiro atoms. The van der Waals surface area contributed by atoms with E-state index < -0.39 is 11.4 Å². The third kappa shape index (κ3) is 3.35. The highest BCUT2D eigenvalue weighted by Crippen LogP contribution is 2.48. The number of urea groups is 1. The highest BCUT2D eigenvalue weighted by molar-refractivity contribution is 5.80. The van der Waals surface area contributed by atoms with E-state index in [1.807, 2.05) is 0 Å². The van der Waals surface area contributed by atoms with E-state index in [4.69, 9.17) is 0 Å². The number of halogens is 1. The first kappa shape index (κ1) is 18.1. The standard InChI is InChI=1S/C20H26FN3O3/c21-16-3-5-17(6-4-16)23-9-7-14(11-23)10-22-19(27)24-12-15-2-1-8-20(15,13-24)18(25)26/h3-6,14-15H,1-2,7-13H2,(H,22,27)(H,25,26)/t14?,15-,20+/m0/s1. The monoisotopic (exact) mass is 375 g/mol. The number of aliphatic carboxylic acids is 1. The van der Waals surface area contributed by atoms with Crippen molar-refractivity contribution in [1.82, 2.24) is 10.2 Å². The van der Waals surface area contributed by atoms with E-state index in [0.717, 1.165) is 38.0 Å². The fourth-order valence-electron chi connectivity index (χ4n) is 5.02. The summed E-state index contributed by atoms with van der Waals surface area (Å²) in [4.78, 5) is 28.2. The first-order valence-corrected chi connectivity index (χ1v) is 9.74. The Morgan fingerprint density at radius 3 is 2.70 bits per heavy atom. The molecule has 2 aliphatic heterocycles. The van der Waals surface area contributed by atoms with Gasteiger partial charge in [-0.3, -0.25) is 4.79 Å². The number of hydrogen-bond donors (Lipinski definition) is 2. The Morgan fingerprint density at radius 1 is 1.22 bits per heavy atom. The van der Waals surface area contributed by atoms with Crippen LogP contribution in [0.5, 0.6) is 0 Å². The van der Waals surface area contributed by atoms with E-state index >= 15 is 0 Å². The van der Waals surface area contributed by atoms with Crippen molar-refractivity contribution in [2.45, 2.75) is 25.7 Å². The van der Waals surface area contributed by atoms with Gasteiger partial charge >= 0.3 is 12.0 Å². The third-order valence-corrected chi connectivity index (χ3v) is 6.60. The van der Waals surface area contributed by atoms with Crippen LogP contribution in [-0.4, -0.2) is 54.7 Å². The smallest absolute Gasteiger partial charge is 0.317 e. The first-order chi connectivity index (χ1) is 13.0. The molecule has 1 aromatic rings. The Balaban J connectivity index is 1.28. The van der Waals surface area contributed by atoms with E-state index in [0.29, 0.717) is 32.0 Å². The second-order valence-corrected chi connectivity index (χ2v) is 8.19. The Kier molecular flexibility index (Phi) is 4.70. The number of carbonyl (C=O) groups is 2. The second-order valence-electron chi connectivity index (χ2n) is 8.19. The van der Waals surface area contributed by atoms with Crippen LogP contribution in [0, 0.1) is 23.1 Å². The van der Waals surface area contributed by atoms with Gasteiger partial charge in [0.1, 0.15) is 5.82 Å². The van der Waals surface area contributed by atoms with E-state index in [2.05, 4.69) is 10.2 Å². The topological polar surface area (TPSA) is 72.9 Å².